The molecule has 158 valence electrons. The number of nitrogens with one attached hydrogen (secondary N) is 1. The van der Waals surface area contributed by atoms with Gasteiger partial charge in [-0.1, -0.05) is 26.0 Å². The highest BCUT2D eigenvalue weighted by molar-refractivity contribution is 7.89. The van der Waals surface area contributed by atoms with Crippen molar-refractivity contribution in [2.75, 3.05) is 33.9 Å². The third kappa shape index (κ3) is 5.56. The van der Waals surface area contributed by atoms with Crippen LogP contribution in [0.1, 0.15) is 35.9 Å². The van der Waals surface area contributed by atoms with E-state index >= 15 is 0 Å². The van der Waals surface area contributed by atoms with E-state index in [-0.39, 0.29) is 23.5 Å². The molecule has 1 N–H and O–H groups in total. The molecule has 0 aliphatic carbocycles. The van der Waals surface area contributed by atoms with Gasteiger partial charge >= 0.3 is 0 Å². The molecule has 0 aliphatic rings. The highest BCUT2D eigenvalue weighted by Crippen LogP contribution is 2.21. The van der Waals surface area contributed by atoms with Crippen LogP contribution in [0.15, 0.2) is 53.4 Å². The number of nitrogens with zero attached hydrogens (tertiary/aromatic N) is 1. The molecule has 0 spiro atoms. The minimum atomic E-state index is -3.55. The van der Waals surface area contributed by atoms with Gasteiger partial charge in [0.15, 0.2) is 0 Å². The van der Waals surface area contributed by atoms with Gasteiger partial charge in [-0.15, -0.1) is 0 Å². The summed E-state index contributed by atoms with van der Waals surface area (Å²) >= 11 is 0. The maximum absolute atomic E-state index is 12.5. The predicted octanol–water partition coefficient (Wildman–Crippen LogP) is 2.84. The monoisotopic (exact) mass is 420 g/mol. The Bertz CT molecular complexity index is 909. The van der Waals surface area contributed by atoms with Crippen LogP contribution >= 0.6 is 0 Å². The Hall–Kier alpha value is -2.42. The lowest BCUT2D eigenvalue weighted by molar-refractivity contribution is 0.0827. The van der Waals surface area contributed by atoms with Gasteiger partial charge in [0.05, 0.1) is 18.1 Å². The molecular weight excluding hydrogens is 392 g/mol. The minimum absolute atomic E-state index is 0.170. The molecule has 2 rings (SSSR count). The quantitative estimate of drug-likeness (QED) is 0.639. The van der Waals surface area contributed by atoms with Crippen molar-refractivity contribution in [2.45, 2.75) is 24.8 Å². The summed E-state index contributed by atoms with van der Waals surface area (Å²) in [5.41, 5.74) is 1.26. The van der Waals surface area contributed by atoms with E-state index in [1.54, 1.807) is 28.1 Å². The average molecular weight is 421 g/mol. The largest absolute Gasteiger partial charge is 0.497 e. The zero-order valence-corrected chi connectivity index (χ0v) is 18.0. The number of benzene rings is 2. The second-order valence-corrected chi connectivity index (χ2v) is 8.26. The fraction of sp³-hybridized carbons (Fsp3) is 0.381. The van der Waals surface area contributed by atoms with E-state index in [4.69, 9.17) is 9.47 Å². The summed E-state index contributed by atoms with van der Waals surface area (Å²) in [6.07, 6.45) is -0.337. The Balaban J connectivity index is 2.07. The van der Waals surface area contributed by atoms with Gasteiger partial charge in [-0.25, -0.2) is 8.42 Å². The smallest absolute Gasteiger partial charge is 0.251 e. The first-order valence-electron chi connectivity index (χ1n) is 9.42. The lowest BCUT2D eigenvalue weighted by Crippen LogP contribution is -2.31. The highest BCUT2D eigenvalue weighted by atomic mass is 32.2. The predicted molar refractivity (Wildman–Crippen MR) is 112 cm³/mol. The normalized spacial score (nSPS) is 12.6. The number of amides is 1. The molecule has 8 heteroatoms. The third-order valence-corrected chi connectivity index (χ3v) is 6.72. The second-order valence-electron chi connectivity index (χ2n) is 6.32. The first-order valence-corrected chi connectivity index (χ1v) is 10.9. The van der Waals surface area contributed by atoms with Gasteiger partial charge < -0.3 is 14.8 Å². The van der Waals surface area contributed by atoms with Crippen LogP contribution in [0.5, 0.6) is 5.75 Å². The lowest BCUT2D eigenvalue weighted by Gasteiger charge is -2.19. The summed E-state index contributed by atoms with van der Waals surface area (Å²) < 4.78 is 37.2. The molecule has 1 amide bonds. The molecule has 0 aliphatic heterocycles. The van der Waals surface area contributed by atoms with Gasteiger partial charge in [0.2, 0.25) is 10.0 Å². The van der Waals surface area contributed by atoms with Crippen LogP contribution in [-0.4, -0.2) is 52.5 Å². The topological polar surface area (TPSA) is 84.9 Å². The first-order chi connectivity index (χ1) is 13.9. The van der Waals surface area contributed by atoms with Crippen molar-refractivity contribution in [2.24, 2.45) is 0 Å². The molecule has 7 nitrogen and oxygen atoms in total. The van der Waals surface area contributed by atoms with Crippen LogP contribution in [0.4, 0.5) is 0 Å². The van der Waals surface area contributed by atoms with Crippen LogP contribution in [-0.2, 0) is 14.8 Å². The van der Waals surface area contributed by atoms with Crippen molar-refractivity contribution in [1.82, 2.24) is 9.62 Å². The van der Waals surface area contributed by atoms with Crippen LogP contribution in [0.3, 0.4) is 0 Å². The molecular formula is C21H28N2O5S. The van der Waals surface area contributed by atoms with Crippen LogP contribution in [0.2, 0.25) is 0 Å². The first kappa shape index (κ1) is 22.9. The number of sulfonamides is 1. The van der Waals surface area contributed by atoms with Crippen LogP contribution in [0.25, 0.3) is 0 Å². The van der Waals surface area contributed by atoms with Crippen LogP contribution in [0, 0.1) is 0 Å². The summed E-state index contributed by atoms with van der Waals surface area (Å²) in [5, 5.41) is 2.82. The summed E-state index contributed by atoms with van der Waals surface area (Å²) in [5.74, 6) is 0.405. The van der Waals surface area contributed by atoms with Crippen molar-refractivity contribution < 1.29 is 22.7 Å². The van der Waals surface area contributed by atoms with Gasteiger partial charge in [-0.2, -0.15) is 4.31 Å². The molecule has 1 atom stereocenters. The summed E-state index contributed by atoms with van der Waals surface area (Å²) in [7, 11) is -0.384. The van der Waals surface area contributed by atoms with Gasteiger partial charge in [-0.3, -0.25) is 4.79 Å². The number of hydrogen-bond acceptors (Lipinski definition) is 5. The molecule has 0 aromatic heterocycles. The average Bonchev–Trinajstić information content (AvgIpc) is 2.75. The number of hydrogen-bond donors (Lipinski definition) is 1. The number of ether oxygens (including phenoxy) is 2. The van der Waals surface area contributed by atoms with Crippen molar-refractivity contribution in [3.8, 4) is 5.75 Å². The summed E-state index contributed by atoms with van der Waals surface area (Å²) in [4.78, 5) is 12.6. The van der Waals surface area contributed by atoms with E-state index < -0.39 is 10.0 Å². The minimum Gasteiger partial charge on any atom is -0.497 e. The standard InChI is InChI=1S/C21H28N2O5S/c1-5-23(6-2)29(25,26)19-12-10-16(11-13-19)21(24)22-15-20(28-4)17-8-7-9-18(14-17)27-3/h7-14,20H,5-6,15H2,1-4H3,(H,22,24). The highest BCUT2D eigenvalue weighted by Gasteiger charge is 2.22. The maximum Gasteiger partial charge on any atom is 0.251 e. The number of carbonyl (C=O) groups is 1. The Labute approximate surface area is 172 Å². The van der Waals surface area contributed by atoms with E-state index in [0.717, 1.165) is 5.56 Å². The van der Waals surface area contributed by atoms with Crippen molar-refractivity contribution in [3.05, 3.63) is 59.7 Å². The number of methoxy groups -OCH3 is 2. The summed E-state index contributed by atoms with van der Waals surface area (Å²) in [6, 6.07) is 13.4. The van der Waals surface area contributed by atoms with Crippen molar-refractivity contribution >= 4 is 15.9 Å². The Morgan fingerprint density at radius 1 is 1.07 bits per heavy atom. The molecule has 2 aromatic rings. The molecule has 2 aromatic carbocycles. The fourth-order valence-electron chi connectivity index (χ4n) is 2.96. The van der Waals surface area contributed by atoms with E-state index in [1.165, 1.54) is 28.6 Å². The number of carbonyl (C=O) groups excluding carboxylic acids is 1. The van der Waals surface area contributed by atoms with E-state index in [2.05, 4.69) is 5.32 Å². The Kier molecular flexibility index (Phi) is 8.19. The zero-order chi connectivity index (χ0) is 21.4. The Morgan fingerprint density at radius 2 is 1.72 bits per heavy atom. The molecule has 0 radical (unpaired) electrons. The van der Waals surface area contributed by atoms with E-state index in [0.29, 0.717) is 24.4 Å². The third-order valence-electron chi connectivity index (χ3n) is 4.66. The van der Waals surface area contributed by atoms with Gasteiger partial charge in [0.1, 0.15) is 5.75 Å². The molecule has 1 unspecified atom stereocenters. The van der Waals surface area contributed by atoms with Gasteiger partial charge in [0.25, 0.3) is 5.91 Å². The SMILES string of the molecule is CCN(CC)S(=O)(=O)c1ccc(C(=O)NCC(OC)c2cccc(OC)c2)cc1. The zero-order valence-electron chi connectivity index (χ0n) is 17.2. The second kappa shape index (κ2) is 10.4. The van der Waals surface area contributed by atoms with Gasteiger partial charge in [-0.05, 0) is 42.0 Å². The van der Waals surface area contributed by atoms with Crippen LogP contribution < -0.4 is 10.1 Å². The molecule has 0 heterocycles. The van der Waals surface area contributed by atoms with Gasteiger partial charge in [0, 0.05) is 32.3 Å². The molecule has 29 heavy (non-hydrogen) atoms. The van der Waals surface area contributed by atoms with E-state index in [1.807, 2.05) is 24.3 Å². The van der Waals surface area contributed by atoms with Crippen molar-refractivity contribution in [3.63, 3.8) is 0 Å². The summed E-state index contributed by atoms with van der Waals surface area (Å²) in [6.45, 7) is 4.63. The lowest BCUT2D eigenvalue weighted by atomic mass is 10.1. The molecule has 0 bridgehead atoms. The fourth-order valence-corrected chi connectivity index (χ4v) is 4.42. The molecule has 0 saturated carbocycles. The molecule has 0 fully saturated rings. The Morgan fingerprint density at radius 3 is 2.28 bits per heavy atom. The maximum atomic E-state index is 12.5. The van der Waals surface area contributed by atoms with E-state index in [9.17, 15) is 13.2 Å². The number of rotatable bonds is 10. The van der Waals surface area contributed by atoms with Crippen molar-refractivity contribution in [1.29, 1.82) is 0 Å². The molecule has 0 saturated heterocycles.